The molecule has 2 fully saturated rings. The Labute approximate surface area is 94.4 Å². The van der Waals surface area contributed by atoms with Crippen LogP contribution in [-0.4, -0.2) is 39.5 Å². The summed E-state index contributed by atoms with van der Waals surface area (Å²) in [5.74, 6) is 1.52. The third kappa shape index (κ3) is 2.38. The summed E-state index contributed by atoms with van der Waals surface area (Å²) in [6.07, 6.45) is 3.70. The molecule has 0 aromatic carbocycles. The van der Waals surface area contributed by atoms with Crippen LogP contribution in [0.4, 0.5) is 0 Å². The van der Waals surface area contributed by atoms with Crippen molar-refractivity contribution in [2.24, 2.45) is 5.92 Å². The zero-order valence-corrected chi connectivity index (χ0v) is 9.30. The molecule has 0 amide bonds. The van der Waals surface area contributed by atoms with Crippen LogP contribution in [0.5, 0.6) is 0 Å². The summed E-state index contributed by atoms with van der Waals surface area (Å²) in [7, 11) is 0. The van der Waals surface area contributed by atoms with Crippen LogP contribution in [-0.2, 0) is 17.8 Å². The fourth-order valence-corrected chi connectivity index (χ4v) is 1.99. The zero-order valence-electron chi connectivity index (χ0n) is 9.30. The number of hydrogen-bond donors (Lipinski definition) is 1. The van der Waals surface area contributed by atoms with Crippen LogP contribution in [0.25, 0.3) is 0 Å². The average Bonchev–Trinajstić information content (AvgIpc) is 2.79. The Hall–Kier alpha value is -1.01. The first-order chi connectivity index (χ1) is 7.92. The standard InChI is InChI=1S/C10H17N5O/c1-2-9(1)11-5-10-12-13-14-15(10)6-8-3-4-16-7-8/h8-9,11H,1-7H2. The van der Waals surface area contributed by atoms with Crippen LogP contribution >= 0.6 is 0 Å². The molecule has 6 heteroatoms. The predicted molar refractivity (Wildman–Crippen MR) is 56.6 cm³/mol. The molecule has 1 aliphatic heterocycles. The van der Waals surface area contributed by atoms with Gasteiger partial charge in [0.1, 0.15) is 0 Å². The van der Waals surface area contributed by atoms with Crippen LogP contribution in [0.3, 0.4) is 0 Å². The minimum Gasteiger partial charge on any atom is -0.381 e. The van der Waals surface area contributed by atoms with E-state index in [0.29, 0.717) is 12.0 Å². The molecular weight excluding hydrogens is 206 g/mol. The second-order valence-electron chi connectivity index (χ2n) is 4.66. The Kier molecular flexibility index (Phi) is 2.84. The average molecular weight is 223 g/mol. The summed E-state index contributed by atoms with van der Waals surface area (Å²) in [4.78, 5) is 0. The van der Waals surface area contributed by atoms with Crippen molar-refractivity contribution < 1.29 is 4.74 Å². The van der Waals surface area contributed by atoms with Gasteiger partial charge in [0.15, 0.2) is 5.82 Å². The molecule has 0 spiro atoms. The maximum absolute atomic E-state index is 5.36. The van der Waals surface area contributed by atoms with E-state index in [9.17, 15) is 0 Å². The first-order valence-corrected chi connectivity index (χ1v) is 5.98. The van der Waals surface area contributed by atoms with E-state index in [4.69, 9.17) is 4.74 Å². The lowest BCUT2D eigenvalue weighted by Gasteiger charge is -2.09. The maximum atomic E-state index is 5.36. The molecule has 1 aliphatic carbocycles. The predicted octanol–water partition coefficient (Wildman–Crippen LogP) is -0.0384. The number of tetrazole rings is 1. The number of nitrogens with zero attached hydrogens (tertiary/aromatic N) is 4. The molecule has 1 N–H and O–H groups in total. The van der Waals surface area contributed by atoms with E-state index in [1.165, 1.54) is 12.8 Å². The van der Waals surface area contributed by atoms with Gasteiger partial charge >= 0.3 is 0 Å². The number of nitrogens with one attached hydrogen (secondary N) is 1. The highest BCUT2D eigenvalue weighted by molar-refractivity contribution is 4.87. The smallest absolute Gasteiger partial charge is 0.165 e. The molecule has 1 saturated carbocycles. The lowest BCUT2D eigenvalue weighted by molar-refractivity contribution is 0.181. The van der Waals surface area contributed by atoms with Crippen LogP contribution in [0, 0.1) is 5.92 Å². The van der Waals surface area contributed by atoms with Crippen molar-refractivity contribution in [2.45, 2.75) is 38.4 Å². The first-order valence-electron chi connectivity index (χ1n) is 5.98. The van der Waals surface area contributed by atoms with Crippen molar-refractivity contribution in [1.29, 1.82) is 0 Å². The number of aromatic nitrogens is 4. The number of hydrogen-bond acceptors (Lipinski definition) is 5. The molecule has 1 aromatic rings. The Balaban J connectivity index is 1.57. The molecule has 0 bridgehead atoms. The largest absolute Gasteiger partial charge is 0.381 e. The third-order valence-corrected chi connectivity index (χ3v) is 3.19. The fraction of sp³-hybridized carbons (Fsp3) is 0.900. The van der Waals surface area contributed by atoms with Gasteiger partial charge in [0.25, 0.3) is 0 Å². The summed E-state index contributed by atoms with van der Waals surface area (Å²) in [6, 6.07) is 0.694. The van der Waals surface area contributed by atoms with E-state index in [1.54, 1.807) is 0 Å². The van der Waals surface area contributed by atoms with E-state index in [1.807, 2.05) is 4.68 Å². The van der Waals surface area contributed by atoms with Crippen molar-refractivity contribution in [3.05, 3.63) is 5.82 Å². The van der Waals surface area contributed by atoms with E-state index in [-0.39, 0.29) is 0 Å². The van der Waals surface area contributed by atoms with Crippen molar-refractivity contribution in [1.82, 2.24) is 25.5 Å². The van der Waals surface area contributed by atoms with Crippen LogP contribution in [0.2, 0.25) is 0 Å². The lowest BCUT2D eigenvalue weighted by Crippen LogP contribution is -2.21. The van der Waals surface area contributed by atoms with Crippen molar-refractivity contribution in [2.75, 3.05) is 13.2 Å². The van der Waals surface area contributed by atoms with Crippen molar-refractivity contribution in [3.63, 3.8) is 0 Å². The first kappa shape index (κ1) is 10.2. The van der Waals surface area contributed by atoms with Gasteiger partial charge in [-0.3, -0.25) is 0 Å². The normalized spacial score (nSPS) is 25.1. The second-order valence-corrected chi connectivity index (χ2v) is 4.66. The van der Waals surface area contributed by atoms with Crippen LogP contribution < -0.4 is 5.32 Å². The van der Waals surface area contributed by atoms with Gasteiger partial charge in [-0.2, -0.15) is 0 Å². The van der Waals surface area contributed by atoms with Crippen LogP contribution in [0.1, 0.15) is 25.1 Å². The minimum atomic E-state index is 0.572. The summed E-state index contributed by atoms with van der Waals surface area (Å²) in [6.45, 7) is 3.39. The van der Waals surface area contributed by atoms with E-state index < -0.39 is 0 Å². The monoisotopic (exact) mass is 223 g/mol. The quantitative estimate of drug-likeness (QED) is 0.759. The van der Waals surface area contributed by atoms with Gasteiger partial charge in [0.05, 0.1) is 13.2 Å². The van der Waals surface area contributed by atoms with Gasteiger partial charge in [-0.05, 0) is 29.7 Å². The molecule has 0 radical (unpaired) electrons. The molecule has 1 saturated heterocycles. The number of ether oxygens (including phenoxy) is 1. The van der Waals surface area contributed by atoms with E-state index in [0.717, 1.165) is 38.5 Å². The minimum absolute atomic E-state index is 0.572. The van der Waals surface area contributed by atoms with Gasteiger partial charge in [-0.15, -0.1) is 5.10 Å². The fourth-order valence-electron chi connectivity index (χ4n) is 1.99. The van der Waals surface area contributed by atoms with Gasteiger partial charge in [0.2, 0.25) is 0 Å². The maximum Gasteiger partial charge on any atom is 0.165 e. The Bertz CT molecular complexity index is 343. The van der Waals surface area contributed by atoms with Gasteiger partial charge in [0, 0.05) is 25.1 Å². The van der Waals surface area contributed by atoms with E-state index in [2.05, 4.69) is 20.8 Å². The lowest BCUT2D eigenvalue weighted by atomic mass is 10.1. The summed E-state index contributed by atoms with van der Waals surface area (Å²) >= 11 is 0. The molecule has 2 heterocycles. The van der Waals surface area contributed by atoms with E-state index >= 15 is 0 Å². The molecule has 6 nitrogen and oxygen atoms in total. The molecule has 1 unspecified atom stereocenters. The van der Waals surface area contributed by atoms with Gasteiger partial charge in [-0.1, -0.05) is 0 Å². The highest BCUT2D eigenvalue weighted by atomic mass is 16.5. The molecular formula is C10H17N5O. The van der Waals surface area contributed by atoms with Gasteiger partial charge < -0.3 is 10.1 Å². The zero-order chi connectivity index (χ0) is 10.8. The summed E-state index contributed by atoms with van der Waals surface area (Å²) < 4.78 is 7.27. The van der Waals surface area contributed by atoms with Crippen molar-refractivity contribution >= 4 is 0 Å². The summed E-state index contributed by atoms with van der Waals surface area (Å²) in [5.41, 5.74) is 0. The second kappa shape index (κ2) is 4.47. The third-order valence-electron chi connectivity index (χ3n) is 3.19. The van der Waals surface area contributed by atoms with Crippen molar-refractivity contribution in [3.8, 4) is 0 Å². The Morgan fingerprint density at radius 2 is 2.31 bits per heavy atom. The molecule has 3 rings (SSSR count). The Morgan fingerprint density at radius 3 is 3.06 bits per heavy atom. The van der Waals surface area contributed by atoms with Crippen LogP contribution in [0.15, 0.2) is 0 Å². The SMILES string of the molecule is C1CC(Cn2nnnc2CNC2CC2)CO1. The Morgan fingerprint density at radius 1 is 1.38 bits per heavy atom. The summed E-state index contributed by atoms with van der Waals surface area (Å²) in [5, 5.41) is 15.3. The molecule has 16 heavy (non-hydrogen) atoms. The molecule has 1 aromatic heterocycles. The number of rotatable bonds is 5. The molecule has 88 valence electrons. The molecule has 2 aliphatic rings. The topological polar surface area (TPSA) is 64.9 Å². The highest BCUT2D eigenvalue weighted by Gasteiger charge is 2.22. The molecule has 1 atom stereocenters. The van der Waals surface area contributed by atoms with Gasteiger partial charge in [-0.25, -0.2) is 4.68 Å². The highest BCUT2D eigenvalue weighted by Crippen LogP contribution is 2.19.